The Kier molecular flexibility index (Phi) is 6.16. The molecule has 1 aliphatic heterocycles. The lowest BCUT2D eigenvalue weighted by molar-refractivity contribution is -0.141. The molecule has 0 aromatic heterocycles. The van der Waals surface area contributed by atoms with Crippen molar-refractivity contribution >= 4 is 29.4 Å². The number of ether oxygens (including phenoxy) is 2. The Morgan fingerprint density at radius 2 is 1.84 bits per heavy atom. The van der Waals surface area contributed by atoms with Gasteiger partial charge in [0.2, 0.25) is 0 Å². The Hall–Kier alpha value is -1.95. The van der Waals surface area contributed by atoms with Crippen molar-refractivity contribution in [2.45, 2.75) is 38.8 Å². The van der Waals surface area contributed by atoms with Crippen LogP contribution in [0.2, 0.25) is 5.02 Å². The molecule has 2 rings (SSSR count). The summed E-state index contributed by atoms with van der Waals surface area (Å²) < 4.78 is 10.3. The lowest BCUT2D eigenvalue weighted by atomic mass is 10.1. The molecule has 1 heterocycles. The third-order valence-electron chi connectivity index (χ3n) is 3.92. The smallest absolute Gasteiger partial charge is 0.410 e. The predicted octanol–water partition coefficient (Wildman–Crippen LogP) is 3.33. The van der Waals surface area contributed by atoms with Gasteiger partial charge in [-0.3, -0.25) is 4.79 Å². The van der Waals surface area contributed by atoms with Gasteiger partial charge in [0.25, 0.3) is 0 Å². The van der Waals surface area contributed by atoms with Crippen LogP contribution in [0.1, 0.15) is 27.2 Å². The first-order valence-corrected chi connectivity index (χ1v) is 8.64. The maximum Gasteiger partial charge on any atom is 0.410 e. The van der Waals surface area contributed by atoms with E-state index in [-0.39, 0.29) is 24.5 Å². The van der Waals surface area contributed by atoms with E-state index in [1.807, 2.05) is 45.0 Å². The highest BCUT2D eigenvalue weighted by atomic mass is 35.5. The number of anilines is 1. The molecule has 1 aliphatic rings. The van der Waals surface area contributed by atoms with Crippen molar-refractivity contribution in [3.63, 3.8) is 0 Å². The van der Waals surface area contributed by atoms with Crippen LogP contribution in [-0.2, 0) is 14.3 Å². The Balaban J connectivity index is 2.15. The lowest BCUT2D eigenvalue weighted by Crippen LogP contribution is -2.56. The zero-order valence-electron chi connectivity index (χ0n) is 15.1. The minimum Gasteiger partial charge on any atom is -0.469 e. The highest BCUT2D eigenvalue weighted by Gasteiger charge is 2.33. The largest absolute Gasteiger partial charge is 0.469 e. The van der Waals surface area contributed by atoms with Crippen LogP contribution in [0, 0.1) is 0 Å². The Morgan fingerprint density at radius 3 is 2.40 bits per heavy atom. The second-order valence-corrected chi connectivity index (χ2v) is 7.47. The summed E-state index contributed by atoms with van der Waals surface area (Å²) in [6, 6.07) is 7.26. The zero-order valence-corrected chi connectivity index (χ0v) is 15.9. The maximum absolute atomic E-state index is 12.4. The zero-order chi connectivity index (χ0) is 18.6. The van der Waals surface area contributed by atoms with Crippen LogP contribution < -0.4 is 4.90 Å². The molecule has 0 N–H and O–H groups in total. The second kappa shape index (κ2) is 7.95. The van der Waals surface area contributed by atoms with Gasteiger partial charge in [-0.25, -0.2) is 4.79 Å². The monoisotopic (exact) mass is 368 g/mol. The van der Waals surface area contributed by atoms with Crippen LogP contribution in [0.15, 0.2) is 24.3 Å². The summed E-state index contributed by atoms with van der Waals surface area (Å²) in [4.78, 5) is 27.9. The van der Waals surface area contributed by atoms with E-state index in [0.29, 0.717) is 24.7 Å². The number of esters is 1. The maximum atomic E-state index is 12.4. The number of carbonyl (C=O) groups excluding carboxylic acids is 2. The van der Waals surface area contributed by atoms with Crippen LogP contribution in [-0.4, -0.2) is 55.3 Å². The third-order valence-corrected chi connectivity index (χ3v) is 4.17. The van der Waals surface area contributed by atoms with E-state index in [2.05, 4.69) is 4.90 Å². The molecule has 25 heavy (non-hydrogen) atoms. The second-order valence-electron chi connectivity index (χ2n) is 7.03. The molecule has 1 fully saturated rings. The average Bonchev–Trinajstić information content (AvgIpc) is 2.54. The van der Waals surface area contributed by atoms with Gasteiger partial charge in [-0.15, -0.1) is 0 Å². The van der Waals surface area contributed by atoms with Gasteiger partial charge in [-0.1, -0.05) is 11.6 Å². The summed E-state index contributed by atoms with van der Waals surface area (Å²) in [5.74, 6) is -0.310. The molecule has 1 aromatic rings. The highest BCUT2D eigenvalue weighted by Crippen LogP contribution is 2.25. The van der Waals surface area contributed by atoms with Crippen LogP contribution in [0.4, 0.5) is 10.5 Å². The van der Waals surface area contributed by atoms with Crippen LogP contribution in [0.5, 0.6) is 0 Å². The number of amides is 1. The van der Waals surface area contributed by atoms with Gasteiger partial charge in [0.05, 0.1) is 19.6 Å². The average molecular weight is 369 g/mol. The molecule has 1 aromatic carbocycles. The number of hydrogen-bond donors (Lipinski definition) is 0. The SMILES string of the molecule is COC(=O)CC1CN(C(=O)OC(C)(C)C)CCN1c1ccc(Cl)cc1. The van der Waals surface area contributed by atoms with Gasteiger partial charge in [-0.2, -0.15) is 0 Å². The highest BCUT2D eigenvalue weighted by molar-refractivity contribution is 6.30. The summed E-state index contributed by atoms with van der Waals surface area (Å²) in [6.45, 7) is 7.02. The number of hydrogen-bond acceptors (Lipinski definition) is 5. The van der Waals surface area contributed by atoms with E-state index in [9.17, 15) is 9.59 Å². The first kappa shape index (κ1) is 19.4. The fourth-order valence-electron chi connectivity index (χ4n) is 2.77. The minimum atomic E-state index is -0.553. The first-order chi connectivity index (χ1) is 11.7. The fraction of sp³-hybridized carbons (Fsp3) is 0.556. The van der Waals surface area contributed by atoms with Gasteiger partial charge in [0, 0.05) is 30.3 Å². The molecule has 1 saturated heterocycles. The van der Waals surface area contributed by atoms with Crippen molar-refractivity contribution in [1.82, 2.24) is 4.90 Å². The molecule has 138 valence electrons. The molecule has 1 amide bonds. The molecule has 7 heteroatoms. The Morgan fingerprint density at radius 1 is 1.20 bits per heavy atom. The molecular weight excluding hydrogens is 344 g/mol. The molecule has 6 nitrogen and oxygen atoms in total. The van der Waals surface area contributed by atoms with Gasteiger partial charge < -0.3 is 19.3 Å². The fourth-order valence-corrected chi connectivity index (χ4v) is 2.90. The van der Waals surface area contributed by atoms with Crippen molar-refractivity contribution in [1.29, 1.82) is 0 Å². The summed E-state index contributed by atoms with van der Waals surface area (Å²) in [7, 11) is 1.36. The Labute approximate surface area is 153 Å². The van der Waals surface area contributed by atoms with Gasteiger partial charge >= 0.3 is 12.1 Å². The molecule has 0 bridgehead atoms. The molecule has 0 radical (unpaired) electrons. The molecular formula is C18H25ClN2O4. The summed E-state index contributed by atoms with van der Waals surface area (Å²) in [6.07, 6.45) is -0.170. The lowest BCUT2D eigenvalue weighted by Gasteiger charge is -2.42. The Bertz CT molecular complexity index is 612. The first-order valence-electron chi connectivity index (χ1n) is 8.26. The molecule has 1 atom stereocenters. The normalized spacial score (nSPS) is 18.0. The van der Waals surface area contributed by atoms with Crippen molar-refractivity contribution in [2.24, 2.45) is 0 Å². The summed E-state index contributed by atoms with van der Waals surface area (Å²) >= 11 is 5.96. The van der Waals surface area contributed by atoms with Crippen molar-refractivity contribution in [2.75, 3.05) is 31.6 Å². The predicted molar refractivity (Wildman–Crippen MR) is 97.0 cm³/mol. The van der Waals surface area contributed by atoms with Gasteiger partial charge in [-0.05, 0) is 45.0 Å². The summed E-state index contributed by atoms with van der Waals surface area (Å²) in [5.41, 5.74) is 0.407. The van der Waals surface area contributed by atoms with Crippen molar-refractivity contribution in [3.05, 3.63) is 29.3 Å². The van der Waals surface area contributed by atoms with Gasteiger partial charge in [0.1, 0.15) is 5.60 Å². The topological polar surface area (TPSA) is 59.1 Å². The van der Waals surface area contributed by atoms with E-state index in [1.165, 1.54) is 7.11 Å². The standard InChI is InChI=1S/C18H25ClN2O4/c1-18(2,3)25-17(23)20-9-10-21(14-7-5-13(19)6-8-14)15(12-20)11-16(22)24-4/h5-8,15H,9-12H2,1-4H3. The number of nitrogens with zero attached hydrogens (tertiary/aromatic N) is 2. The molecule has 0 aliphatic carbocycles. The van der Waals surface area contributed by atoms with E-state index in [4.69, 9.17) is 21.1 Å². The molecule has 1 unspecified atom stereocenters. The van der Waals surface area contributed by atoms with Crippen molar-refractivity contribution in [3.8, 4) is 0 Å². The minimum absolute atomic E-state index is 0.185. The van der Waals surface area contributed by atoms with Crippen LogP contribution in [0.3, 0.4) is 0 Å². The van der Waals surface area contributed by atoms with Crippen LogP contribution in [0.25, 0.3) is 0 Å². The molecule has 0 spiro atoms. The van der Waals surface area contributed by atoms with Gasteiger partial charge in [0.15, 0.2) is 0 Å². The third kappa shape index (κ3) is 5.53. The summed E-state index contributed by atoms with van der Waals surface area (Å²) in [5, 5.41) is 0.653. The van der Waals surface area contributed by atoms with E-state index >= 15 is 0 Å². The van der Waals surface area contributed by atoms with E-state index in [0.717, 1.165) is 5.69 Å². The van der Waals surface area contributed by atoms with Crippen LogP contribution >= 0.6 is 11.6 Å². The quantitative estimate of drug-likeness (QED) is 0.766. The number of halogens is 1. The number of carbonyl (C=O) groups is 2. The van der Waals surface area contributed by atoms with E-state index < -0.39 is 5.60 Å². The number of benzene rings is 1. The van der Waals surface area contributed by atoms with Crippen molar-refractivity contribution < 1.29 is 19.1 Å². The molecule has 0 saturated carbocycles. The number of methoxy groups -OCH3 is 1. The number of piperazine rings is 1. The number of rotatable bonds is 3. The van der Waals surface area contributed by atoms with E-state index in [1.54, 1.807) is 4.90 Å².